The van der Waals surface area contributed by atoms with Gasteiger partial charge in [-0.1, -0.05) is 43.3 Å². The standard InChI is InChI=1S/C29H27N3O3S/c1-3-27(29(35)31-24-15-13-23(14-16-24)30-19(2)33)36-26-10-6-9-25(18-26)32-28(34)22-12-11-20-7-4-5-8-21(20)17-22/h4-18,27H,3H2,1-2H3,(H,30,33)(H,31,35)(H,32,34). The lowest BCUT2D eigenvalue weighted by Gasteiger charge is -2.16. The van der Waals surface area contributed by atoms with Gasteiger partial charge in [-0.15, -0.1) is 11.8 Å². The minimum atomic E-state index is -0.313. The number of thioether (sulfide) groups is 1. The van der Waals surface area contributed by atoms with Gasteiger partial charge >= 0.3 is 0 Å². The zero-order valence-electron chi connectivity index (χ0n) is 20.1. The summed E-state index contributed by atoms with van der Waals surface area (Å²) in [6, 6.07) is 28.0. The molecule has 4 aromatic rings. The molecule has 0 saturated heterocycles. The molecule has 0 aliphatic carbocycles. The molecule has 4 aromatic carbocycles. The summed E-state index contributed by atoms with van der Waals surface area (Å²) in [6.45, 7) is 3.41. The van der Waals surface area contributed by atoms with Gasteiger partial charge in [0.05, 0.1) is 5.25 Å². The molecule has 3 N–H and O–H groups in total. The Morgan fingerprint density at radius 1 is 0.722 bits per heavy atom. The van der Waals surface area contributed by atoms with Crippen molar-refractivity contribution in [1.29, 1.82) is 0 Å². The van der Waals surface area contributed by atoms with Crippen LogP contribution in [0.25, 0.3) is 10.8 Å². The Hall–Kier alpha value is -4.10. The van der Waals surface area contributed by atoms with E-state index < -0.39 is 0 Å². The molecule has 0 aliphatic rings. The SMILES string of the molecule is CCC(Sc1cccc(NC(=O)c2ccc3ccccc3c2)c1)C(=O)Nc1ccc(NC(C)=O)cc1. The van der Waals surface area contributed by atoms with Crippen LogP contribution in [0, 0.1) is 0 Å². The summed E-state index contributed by atoms with van der Waals surface area (Å²) in [4.78, 5) is 37.8. The van der Waals surface area contributed by atoms with E-state index in [9.17, 15) is 14.4 Å². The van der Waals surface area contributed by atoms with E-state index in [0.717, 1.165) is 15.7 Å². The monoisotopic (exact) mass is 497 g/mol. The highest BCUT2D eigenvalue weighted by Gasteiger charge is 2.18. The molecule has 0 fully saturated rings. The fourth-order valence-electron chi connectivity index (χ4n) is 3.73. The number of carbonyl (C=O) groups excluding carboxylic acids is 3. The Morgan fingerprint density at radius 3 is 2.11 bits per heavy atom. The van der Waals surface area contributed by atoms with Gasteiger partial charge in [0.25, 0.3) is 5.91 Å². The Balaban J connectivity index is 1.39. The average Bonchev–Trinajstić information content (AvgIpc) is 2.88. The quantitative estimate of drug-likeness (QED) is 0.241. The molecule has 36 heavy (non-hydrogen) atoms. The van der Waals surface area contributed by atoms with E-state index >= 15 is 0 Å². The predicted octanol–water partition coefficient (Wildman–Crippen LogP) is 6.56. The molecule has 3 amide bonds. The number of amides is 3. The van der Waals surface area contributed by atoms with Crippen LogP contribution >= 0.6 is 11.8 Å². The number of hydrogen-bond acceptors (Lipinski definition) is 4. The molecule has 0 bridgehead atoms. The fourth-order valence-corrected chi connectivity index (χ4v) is 4.74. The third-order valence-electron chi connectivity index (χ3n) is 5.52. The topological polar surface area (TPSA) is 87.3 Å². The van der Waals surface area contributed by atoms with E-state index in [1.165, 1.54) is 18.7 Å². The summed E-state index contributed by atoms with van der Waals surface area (Å²) in [5.74, 6) is -0.444. The number of hydrogen-bond donors (Lipinski definition) is 3. The number of fused-ring (bicyclic) bond motifs is 1. The maximum atomic E-state index is 12.9. The number of rotatable bonds is 8. The number of anilines is 3. The van der Waals surface area contributed by atoms with E-state index in [0.29, 0.717) is 29.0 Å². The third-order valence-corrected chi connectivity index (χ3v) is 6.88. The molecule has 182 valence electrons. The molecular formula is C29H27N3O3S. The smallest absolute Gasteiger partial charge is 0.255 e. The summed E-state index contributed by atoms with van der Waals surface area (Å²) >= 11 is 1.45. The Bertz CT molecular complexity index is 1400. The van der Waals surface area contributed by atoms with Crippen LogP contribution in [0.1, 0.15) is 30.6 Å². The first kappa shape index (κ1) is 25.0. The largest absolute Gasteiger partial charge is 0.326 e. The molecule has 0 aromatic heterocycles. The molecule has 1 atom stereocenters. The van der Waals surface area contributed by atoms with Crippen molar-refractivity contribution in [2.24, 2.45) is 0 Å². The van der Waals surface area contributed by atoms with E-state index in [1.807, 2.05) is 73.7 Å². The lowest BCUT2D eigenvalue weighted by molar-refractivity contribution is -0.116. The lowest BCUT2D eigenvalue weighted by Crippen LogP contribution is -2.24. The maximum absolute atomic E-state index is 12.9. The van der Waals surface area contributed by atoms with Crippen LogP contribution in [0.2, 0.25) is 0 Å². The van der Waals surface area contributed by atoms with Gasteiger partial charge in [0.1, 0.15) is 0 Å². The highest BCUT2D eigenvalue weighted by molar-refractivity contribution is 8.00. The first-order chi connectivity index (χ1) is 17.4. The van der Waals surface area contributed by atoms with Gasteiger partial charge < -0.3 is 16.0 Å². The Labute approximate surface area is 214 Å². The number of benzene rings is 4. The highest BCUT2D eigenvalue weighted by atomic mass is 32.2. The molecular weight excluding hydrogens is 470 g/mol. The molecule has 0 spiro atoms. The molecule has 0 aliphatic heterocycles. The van der Waals surface area contributed by atoms with Crippen molar-refractivity contribution in [2.75, 3.05) is 16.0 Å². The van der Waals surface area contributed by atoms with Crippen molar-refractivity contribution in [2.45, 2.75) is 30.4 Å². The van der Waals surface area contributed by atoms with E-state index in [4.69, 9.17) is 0 Å². The predicted molar refractivity (Wildman–Crippen MR) is 148 cm³/mol. The average molecular weight is 498 g/mol. The van der Waals surface area contributed by atoms with Gasteiger partial charge in [-0.3, -0.25) is 14.4 Å². The summed E-state index contributed by atoms with van der Waals surface area (Å²) < 4.78 is 0. The second-order valence-electron chi connectivity index (χ2n) is 8.31. The van der Waals surface area contributed by atoms with Crippen molar-refractivity contribution in [3.63, 3.8) is 0 Å². The van der Waals surface area contributed by atoms with Gasteiger partial charge in [0.2, 0.25) is 11.8 Å². The molecule has 4 rings (SSSR count). The van der Waals surface area contributed by atoms with Crippen LogP contribution < -0.4 is 16.0 Å². The first-order valence-corrected chi connectivity index (χ1v) is 12.5. The summed E-state index contributed by atoms with van der Waals surface area (Å²) in [5, 5.41) is 10.4. The van der Waals surface area contributed by atoms with Gasteiger partial charge in [0.15, 0.2) is 0 Å². The zero-order chi connectivity index (χ0) is 25.5. The van der Waals surface area contributed by atoms with Crippen molar-refractivity contribution in [3.05, 3.63) is 96.6 Å². The van der Waals surface area contributed by atoms with Crippen LogP contribution in [-0.4, -0.2) is 23.0 Å². The van der Waals surface area contributed by atoms with Gasteiger partial charge in [0, 0.05) is 34.4 Å². The third kappa shape index (κ3) is 6.52. The molecule has 0 heterocycles. The Kier molecular flexibility index (Phi) is 8.02. The normalized spacial score (nSPS) is 11.5. The summed E-state index contributed by atoms with van der Waals surface area (Å²) in [5.41, 5.74) is 2.58. The second-order valence-corrected chi connectivity index (χ2v) is 9.58. The zero-order valence-corrected chi connectivity index (χ0v) is 20.9. The minimum absolute atomic E-state index is 0.111. The molecule has 0 saturated carbocycles. The maximum Gasteiger partial charge on any atom is 0.255 e. The van der Waals surface area contributed by atoms with Crippen LogP contribution in [0.4, 0.5) is 17.1 Å². The number of nitrogens with one attached hydrogen (secondary N) is 3. The summed E-state index contributed by atoms with van der Waals surface area (Å²) in [7, 11) is 0. The van der Waals surface area contributed by atoms with Gasteiger partial charge in [-0.2, -0.15) is 0 Å². The van der Waals surface area contributed by atoms with Crippen LogP contribution in [0.3, 0.4) is 0 Å². The van der Waals surface area contributed by atoms with Crippen molar-refractivity contribution >= 4 is 57.3 Å². The molecule has 1 unspecified atom stereocenters. The summed E-state index contributed by atoms with van der Waals surface area (Å²) in [6.07, 6.45) is 0.633. The van der Waals surface area contributed by atoms with Crippen molar-refractivity contribution in [1.82, 2.24) is 0 Å². The lowest BCUT2D eigenvalue weighted by atomic mass is 10.1. The van der Waals surface area contributed by atoms with E-state index in [-0.39, 0.29) is 23.0 Å². The fraction of sp³-hybridized carbons (Fsp3) is 0.138. The van der Waals surface area contributed by atoms with E-state index in [1.54, 1.807) is 24.3 Å². The van der Waals surface area contributed by atoms with Crippen LogP contribution in [0.15, 0.2) is 95.9 Å². The minimum Gasteiger partial charge on any atom is -0.326 e. The van der Waals surface area contributed by atoms with Crippen LogP contribution in [-0.2, 0) is 9.59 Å². The number of carbonyl (C=O) groups is 3. The molecule has 7 heteroatoms. The van der Waals surface area contributed by atoms with Gasteiger partial charge in [-0.25, -0.2) is 0 Å². The molecule has 6 nitrogen and oxygen atoms in total. The Morgan fingerprint density at radius 2 is 1.42 bits per heavy atom. The molecule has 0 radical (unpaired) electrons. The van der Waals surface area contributed by atoms with Crippen molar-refractivity contribution < 1.29 is 14.4 Å². The van der Waals surface area contributed by atoms with Crippen LogP contribution in [0.5, 0.6) is 0 Å². The first-order valence-electron chi connectivity index (χ1n) is 11.7. The second kappa shape index (κ2) is 11.6. The highest BCUT2D eigenvalue weighted by Crippen LogP contribution is 2.29. The van der Waals surface area contributed by atoms with Gasteiger partial charge in [-0.05, 0) is 71.8 Å². The van der Waals surface area contributed by atoms with Crippen molar-refractivity contribution in [3.8, 4) is 0 Å². The van der Waals surface area contributed by atoms with E-state index in [2.05, 4.69) is 16.0 Å².